The Labute approximate surface area is 110 Å². The van der Waals surface area contributed by atoms with Crippen molar-refractivity contribution in [3.8, 4) is 0 Å². The predicted octanol–water partition coefficient (Wildman–Crippen LogP) is 0.995. The Morgan fingerprint density at radius 2 is 2.06 bits per heavy atom. The van der Waals surface area contributed by atoms with Crippen molar-refractivity contribution in [3.63, 3.8) is 0 Å². The number of carbonyl (C=O) groups is 1. The van der Waals surface area contributed by atoms with E-state index in [4.69, 9.17) is 0 Å². The lowest BCUT2D eigenvalue weighted by molar-refractivity contribution is -0.139. The van der Waals surface area contributed by atoms with Crippen LogP contribution in [-0.4, -0.2) is 48.2 Å². The summed E-state index contributed by atoms with van der Waals surface area (Å²) in [5.74, 6) is 0.947. The molecule has 0 spiro atoms. The number of carbonyl (C=O) groups excluding carboxylic acids is 1. The maximum Gasteiger partial charge on any atom is 0.227 e. The van der Waals surface area contributed by atoms with E-state index in [1.807, 2.05) is 4.90 Å². The van der Waals surface area contributed by atoms with Crippen LogP contribution in [0.5, 0.6) is 0 Å². The van der Waals surface area contributed by atoms with Crippen molar-refractivity contribution < 1.29 is 9.90 Å². The Morgan fingerprint density at radius 1 is 1.33 bits per heavy atom. The molecule has 0 aromatic heterocycles. The lowest BCUT2D eigenvalue weighted by Crippen LogP contribution is -2.49. The smallest absolute Gasteiger partial charge is 0.227 e. The fourth-order valence-electron chi connectivity index (χ4n) is 3.38. The molecular formula is C14H26N2O2. The second kappa shape index (κ2) is 6.53. The van der Waals surface area contributed by atoms with E-state index in [9.17, 15) is 9.90 Å². The zero-order valence-electron chi connectivity index (χ0n) is 11.4. The SMILES string of the molecule is CC1CNCC(C(=O)N(CCO)C2CCCC2)C1. The van der Waals surface area contributed by atoms with Crippen molar-refractivity contribution in [2.45, 2.75) is 45.1 Å². The standard InChI is InChI=1S/C14H26N2O2/c1-11-8-12(10-15-9-11)14(18)16(6-7-17)13-4-2-3-5-13/h11-13,15,17H,2-10H2,1H3. The Hall–Kier alpha value is -0.610. The van der Waals surface area contributed by atoms with Crippen molar-refractivity contribution in [1.82, 2.24) is 10.2 Å². The van der Waals surface area contributed by atoms with Crippen LogP contribution < -0.4 is 5.32 Å². The molecule has 104 valence electrons. The van der Waals surface area contributed by atoms with Crippen molar-refractivity contribution in [2.24, 2.45) is 11.8 Å². The third-order valence-corrected chi connectivity index (χ3v) is 4.31. The van der Waals surface area contributed by atoms with Crippen molar-refractivity contribution >= 4 is 5.91 Å². The van der Waals surface area contributed by atoms with Gasteiger partial charge in [0.1, 0.15) is 0 Å². The van der Waals surface area contributed by atoms with Crippen molar-refractivity contribution in [1.29, 1.82) is 0 Å². The average Bonchev–Trinajstić information content (AvgIpc) is 2.89. The summed E-state index contributed by atoms with van der Waals surface area (Å²) in [6, 6.07) is 0.377. The lowest BCUT2D eigenvalue weighted by atomic mass is 9.90. The monoisotopic (exact) mass is 254 g/mol. The second-order valence-electron chi connectivity index (χ2n) is 5.89. The molecule has 0 aromatic rings. The van der Waals surface area contributed by atoms with Gasteiger partial charge in [-0.25, -0.2) is 0 Å². The van der Waals surface area contributed by atoms with Gasteiger partial charge in [-0.3, -0.25) is 4.79 Å². The molecule has 2 fully saturated rings. The topological polar surface area (TPSA) is 52.6 Å². The van der Waals surface area contributed by atoms with Gasteiger partial charge < -0.3 is 15.3 Å². The molecule has 2 N–H and O–H groups in total. The van der Waals surface area contributed by atoms with Crippen molar-refractivity contribution in [3.05, 3.63) is 0 Å². The number of piperidine rings is 1. The van der Waals surface area contributed by atoms with Gasteiger partial charge in [0, 0.05) is 19.1 Å². The number of amides is 1. The molecule has 18 heavy (non-hydrogen) atoms. The Bertz CT molecular complexity index is 277. The number of aliphatic hydroxyl groups excluding tert-OH is 1. The fourth-order valence-corrected chi connectivity index (χ4v) is 3.38. The van der Waals surface area contributed by atoms with Crippen LogP contribution in [0.4, 0.5) is 0 Å². The first kappa shape index (κ1) is 13.8. The van der Waals surface area contributed by atoms with Gasteiger partial charge in [0.05, 0.1) is 12.5 Å². The van der Waals surface area contributed by atoms with Crippen molar-refractivity contribution in [2.75, 3.05) is 26.2 Å². The van der Waals surface area contributed by atoms with Gasteiger partial charge in [-0.1, -0.05) is 19.8 Å². The quantitative estimate of drug-likeness (QED) is 0.787. The summed E-state index contributed by atoms with van der Waals surface area (Å²) in [7, 11) is 0. The van der Waals surface area contributed by atoms with Gasteiger partial charge >= 0.3 is 0 Å². The second-order valence-corrected chi connectivity index (χ2v) is 5.89. The molecule has 0 bridgehead atoms. The number of rotatable bonds is 4. The molecule has 1 heterocycles. The van der Waals surface area contributed by atoms with Crippen LogP contribution in [0.1, 0.15) is 39.0 Å². The lowest BCUT2D eigenvalue weighted by Gasteiger charge is -2.35. The van der Waals surface area contributed by atoms with E-state index in [2.05, 4.69) is 12.2 Å². The summed E-state index contributed by atoms with van der Waals surface area (Å²) in [4.78, 5) is 14.6. The van der Waals surface area contributed by atoms with Crippen LogP contribution in [0.2, 0.25) is 0 Å². The van der Waals surface area contributed by atoms with Crippen LogP contribution in [-0.2, 0) is 4.79 Å². The van der Waals surface area contributed by atoms with Gasteiger partial charge in [0.15, 0.2) is 0 Å². The van der Waals surface area contributed by atoms with Crippen LogP contribution >= 0.6 is 0 Å². The molecule has 4 nitrogen and oxygen atoms in total. The first-order chi connectivity index (χ1) is 8.72. The first-order valence-corrected chi connectivity index (χ1v) is 7.34. The Kier molecular flexibility index (Phi) is 5.01. The molecule has 0 radical (unpaired) electrons. The fraction of sp³-hybridized carbons (Fsp3) is 0.929. The van der Waals surface area contributed by atoms with Crippen LogP contribution in [0.15, 0.2) is 0 Å². The summed E-state index contributed by atoms with van der Waals surface area (Å²) in [6.07, 6.45) is 5.65. The third-order valence-electron chi connectivity index (χ3n) is 4.31. The molecular weight excluding hydrogens is 228 g/mol. The molecule has 1 amide bonds. The maximum atomic E-state index is 12.6. The number of hydrogen-bond donors (Lipinski definition) is 2. The molecule has 0 aromatic carbocycles. The summed E-state index contributed by atoms with van der Waals surface area (Å²) in [6.45, 7) is 4.61. The Morgan fingerprint density at radius 3 is 2.67 bits per heavy atom. The zero-order valence-corrected chi connectivity index (χ0v) is 11.4. The highest BCUT2D eigenvalue weighted by atomic mass is 16.3. The van der Waals surface area contributed by atoms with E-state index < -0.39 is 0 Å². The van der Waals surface area contributed by atoms with Gasteiger partial charge in [-0.05, 0) is 31.7 Å². The summed E-state index contributed by atoms with van der Waals surface area (Å²) in [5.41, 5.74) is 0. The first-order valence-electron chi connectivity index (χ1n) is 7.34. The van der Waals surface area contributed by atoms with E-state index >= 15 is 0 Å². The minimum atomic E-state index is 0.0813. The largest absolute Gasteiger partial charge is 0.395 e. The molecule has 4 heteroatoms. The minimum Gasteiger partial charge on any atom is -0.395 e. The molecule has 1 aliphatic heterocycles. The molecule has 2 rings (SSSR count). The maximum absolute atomic E-state index is 12.6. The molecule has 2 aliphatic rings. The zero-order chi connectivity index (χ0) is 13.0. The van der Waals surface area contributed by atoms with E-state index in [0.29, 0.717) is 18.5 Å². The normalized spacial score (nSPS) is 29.4. The van der Waals surface area contributed by atoms with Crippen LogP contribution in [0.25, 0.3) is 0 Å². The van der Waals surface area contributed by atoms with E-state index in [0.717, 1.165) is 32.4 Å². The molecule has 1 saturated heterocycles. The van der Waals surface area contributed by atoms with E-state index in [-0.39, 0.29) is 18.4 Å². The number of hydrogen-bond acceptors (Lipinski definition) is 3. The van der Waals surface area contributed by atoms with Gasteiger partial charge in [-0.15, -0.1) is 0 Å². The highest BCUT2D eigenvalue weighted by Gasteiger charge is 2.32. The average molecular weight is 254 g/mol. The number of nitrogens with zero attached hydrogens (tertiary/aromatic N) is 1. The summed E-state index contributed by atoms with van der Waals surface area (Å²) in [5, 5.41) is 12.5. The van der Waals surface area contributed by atoms with E-state index in [1.165, 1.54) is 12.8 Å². The van der Waals surface area contributed by atoms with Gasteiger partial charge in [0.25, 0.3) is 0 Å². The van der Waals surface area contributed by atoms with Crippen LogP contribution in [0, 0.1) is 11.8 Å². The highest BCUT2D eigenvalue weighted by Crippen LogP contribution is 2.26. The molecule has 2 unspecified atom stereocenters. The molecule has 1 aliphatic carbocycles. The summed E-state index contributed by atoms with van der Waals surface area (Å²) < 4.78 is 0. The van der Waals surface area contributed by atoms with Crippen LogP contribution in [0.3, 0.4) is 0 Å². The highest BCUT2D eigenvalue weighted by molar-refractivity contribution is 5.79. The third kappa shape index (κ3) is 3.23. The predicted molar refractivity (Wildman–Crippen MR) is 71.2 cm³/mol. The summed E-state index contributed by atoms with van der Waals surface area (Å²) >= 11 is 0. The minimum absolute atomic E-state index is 0.0813. The van der Waals surface area contributed by atoms with Gasteiger partial charge in [0.2, 0.25) is 5.91 Å². The Balaban J connectivity index is 1.97. The molecule has 2 atom stereocenters. The number of nitrogens with one attached hydrogen (secondary N) is 1. The molecule has 1 saturated carbocycles. The van der Waals surface area contributed by atoms with Gasteiger partial charge in [-0.2, -0.15) is 0 Å². The number of aliphatic hydroxyl groups is 1. The van der Waals surface area contributed by atoms with E-state index in [1.54, 1.807) is 0 Å².